The van der Waals surface area contributed by atoms with Crippen LogP contribution in [0, 0.1) is 0 Å². The molecule has 82 valence electrons. The van der Waals surface area contributed by atoms with Gasteiger partial charge in [-0.2, -0.15) is 5.10 Å². The topological polar surface area (TPSA) is 72.9 Å². The highest BCUT2D eigenvalue weighted by molar-refractivity contribution is 5.76. The van der Waals surface area contributed by atoms with Crippen molar-refractivity contribution in [2.75, 3.05) is 5.73 Å². The van der Waals surface area contributed by atoms with E-state index in [2.05, 4.69) is 17.3 Å². The summed E-state index contributed by atoms with van der Waals surface area (Å²) in [7, 11) is 0. The highest BCUT2D eigenvalue weighted by atomic mass is 16.2. The van der Waals surface area contributed by atoms with Gasteiger partial charge in [-0.1, -0.05) is 0 Å². The van der Waals surface area contributed by atoms with Gasteiger partial charge in [-0.25, -0.2) is 0 Å². The Balaban J connectivity index is 1.87. The van der Waals surface area contributed by atoms with Gasteiger partial charge in [0, 0.05) is 11.7 Å². The second-order valence-electron chi connectivity index (χ2n) is 4.43. The van der Waals surface area contributed by atoms with Gasteiger partial charge in [0.2, 0.25) is 5.91 Å². The number of carbonyl (C=O) groups is 1. The molecule has 5 heteroatoms. The quantitative estimate of drug-likeness (QED) is 0.760. The first-order chi connectivity index (χ1) is 7.07. The molecule has 1 aliphatic carbocycles. The number of nitrogen functional groups attached to an aromatic ring is 1. The van der Waals surface area contributed by atoms with Crippen molar-refractivity contribution in [1.29, 1.82) is 0 Å². The maximum absolute atomic E-state index is 11.6. The summed E-state index contributed by atoms with van der Waals surface area (Å²) in [6, 6.07) is 0. The normalized spacial score (nSPS) is 18.2. The van der Waals surface area contributed by atoms with E-state index in [0.29, 0.717) is 5.69 Å². The van der Waals surface area contributed by atoms with Gasteiger partial charge >= 0.3 is 0 Å². The van der Waals surface area contributed by atoms with Crippen molar-refractivity contribution < 1.29 is 4.79 Å². The summed E-state index contributed by atoms with van der Waals surface area (Å²) in [4.78, 5) is 11.6. The lowest BCUT2D eigenvalue weighted by atomic mass is 9.78. The Kier molecular flexibility index (Phi) is 2.38. The van der Waals surface area contributed by atoms with Gasteiger partial charge in [-0.05, 0) is 26.2 Å². The van der Waals surface area contributed by atoms with Crippen molar-refractivity contribution >= 4 is 11.6 Å². The minimum absolute atomic E-state index is 0.000278. The molecule has 1 saturated carbocycles. The number of nitrogens with zero attached hydrogens (tertiary/aromatic N) is 2. The summed E-state index contributed by atoms with van der Waals surface area (Å²) in [5.41, 5.74) is 6.09. The molecule has 1 aromatic heterocycles. The maximum atomic E-state index is 11.6. The molecule has 15 heavy (non-hydrogen) atoms. The van der Waals surface area contributed by atoms with E-state index < -0.39 is 0 Å². The monoisotopic (exact) mass is 208 g/mol. The van der Waals surface area contributed by atoms with E-state index in [1.165, 1.54) is 6.42 Å². The number of aromatic nitrogens is 2. The maximum Gasteiger partial charge on any atom is 0.242 e. The molecule has 1 amide bonds. The third-order valence-electron chi connectivity index (χ3n) is 2.86. The molecule has 1 aliphatic rings. The SMILES string of the molecule is CC1(NC(=O)Cn2cc(N)cn2)CCC1. The minimum Gasteiger partial charge on any atom is -0.396 e. The fourth-order valence-electron chi connectivity index (χ4n) is 1.82. The van der Waals surface area contributed by atoms with Crippen LogP contribution < -0.4 is 11.1 Å². The first kappa shape index (κ1) is 10.0. The zero-order valence-electron chi connectivity index (χ0n) is 8.86. The first-order valence-corrected chi connectivity index (χ1v) is 5.16. The van der Waals surface area contributed by atoms with Crippen molar-refractivity contribution in [3.05, 3.63) is 12.4 Å². The predicted octanol–water partition coefficient (Wildman–Crippen LogP) is 0.524. The highest BCUT2D eigenvalue weighted by Gasteiger charge is 2.32. The third kappa shape index (κ3) is 2.29. The fraction of sp³-hybridized carbons (Fsp3) is 0.600. The van der Waals surface area contributed by atoms with Crippen molar-refractivity contribution in [3.8, 4) is 0 Å². The Bertz CT molecular complexity index is 367. The minimum atomic E-state index is 0.000278. The van der Waals surface area contributed by atoms with Crippen LogP contribution in [0.15, 0.2) is 12.4 Å². The second kappa shape index (κ2) is 3.56. The van der Waals surface area contributed by atoms with Crippen molar-refractivity contribution in [3.63, 3.8) is 0 Å². The van der Waals surface area contributed by atoms with Crippen LogP contribution in [0.1, 0.15) is 26.2 Å². The van der Waals surface area contributed by atoms with E-state index in [4.69, 9.17) is 5.73 Å². The van der Waals surface area contributed by atoms with Crippen LogP contribution in [-0.2, 0) is 11.3 Å². The van der Waals surface area contributed by atoms with Crippen LogP contribution in [0.3, 0.4) is 0 Å². The first-order valence-electron chi connectivity index (χ1n) is 5.16. The third-order valence-corrected chi connectivity index (χ3v) is 2.86. The number of hydrogen-bond donors (Lipinski definition) is 2. The summed E-state index contributed by atoms with van der Waals surface area (Å²) < 4.78 is 1.55. The summed E-state index contributed by atoms with van der Waals surface area (Å²) in [6.07, 6.45) is 6.53. The zero-order chi connectivity index (χ0) is 10.9. The molecule has 0 atom stereocenters. The van der Waals surface area contributed by atoms with Crippen molar-refractivity contribution in [2.24, 2.45) is 0 Å². The standard InChI is InChI=1S/C10H16N4O/c1-10(3-2-4-10)13-9(15)7-14-6-8(11)5-12-14/h5-6H,2-4,7,11H2,1H3,(H,13,15). The fourth-order valence-corrected chi connectivity index (χ4v) is 1.82. The van der Waals surface area contributed by atoms with Crippen molar-refractivity contribution in [2.45, 2.75) is 38.3 Å². The Morgan fingerprint density at radius 2 is 2.47 bits per heavy atom. The van der Waals surface area contributed by atoms with E-state index in [1.807, 2.05) is 0 Å². The molecule has 0 unspecified atom stereocenters. The number of hydrogen-bond acceptors (Lipinski definition) is 3. The predicted molar refractivity (Wildman–Crippen MR) is 57.0 cm³/mol. The molecule has 1 heterocycles. The van der Waals surface area contributed by atoms with E-state index >= 15 is 0 Å². The highest BCUT2D eigenvalue weighted by Crippen LogP contribution is 2.30. The Morgan fingerprint density at radius 1 is 1.73 bits per heavy atom. The summed E-state index contributed by atoms with van der Waals surface area (Å²) in [5, 5.41) is 6.97. The molecule has 0 aliphatic heterocycles. The number of carbonyl (C=O) groups excluding carboxylic acids is 1. The molecule has 5 nitrogen and oxygen atoms in total. The lowest BCUT2D eigenvalue weighted by Crippen LogP contribution is -2.51. The van der Waals surface area contributed by atoms with Gasteiger partial charge in [0.25, 0.3) is 0 Å². The van der Waals surface area contributed by atoms with Crippen LogP contribution in [0.4, 0.5) is 5.69 Å². The molecule has 3 N–H and O–H groups in total. The van der Waals surface area contributed by atoms with Crippen LogP contribution in [0.5, 0.6) is 0 Å². The molecule has 0 spiro atoms. The molecule has 1 aromatic rings. The Hall–Kier alpha value is -1.52. The molecule has 0 saturated heterocycles. The van der Waals surface area contributed by atoms with Gasteiger partial charge < -0.3 is 11.1 Å². The smallest absolute Gasteiger partial charge is 0.242 e. The average molecular weight is 208 g/mol. The lowest BCUT2D eigenvalue weighted by molar-refractivity contribution is -0.124. The second-order valence-corrected chi connectivity index (χ2v) is 4.43. The Morgan fingerprint density at radius 3 is 2.93 bits per heavy atom. The van der Waals surface area contributed by atoms with Crippen LogP contribution in [-0.4, -0.2) is 21.2 Å². The van der Waals surface area contributed by atoms with Crippen molar-refractivity contribution in [1.82, 2.24) is 15.1 Å². The van der Waals surface area contributed by atoms with Crippen LogP contribution in [0.2, 0.25) is 0 Å². The van der Waals surface area contributed by atoms with Crippen LogP contribution >= 0.6 is 0 Å². The number of nitrogens with one attached hydrogen (secondary N) is 1. The molecular weight excluding hydrogens is 192 g/mol. The van der Waals surface area contributed by atoms with Gasteiger partial charge in [0.1, 0.15) is 6.54 Å². The number of nitrogens with two attached hydrogens (primary N) is 1. The summed E-state index contributed by atoms with van der Waals surface area (Å²) in [6.45, 7) is 2.32. The largest absolute Gasteiger partial charge is 0.396 e. The van der Waals surface area contributed by atoms with Gasteiger partial charge in [0.15, 0.2) is 0 Å². The van der Waals surface area contributed by atoms with Crippen LogP contribution in [0.25, 0.3) is 0 Å². The number of amides is 1. The van der Waals surface area contributed by atoms with Gasteiger partial charge in [0.05, 0.1) is 11.9 Å². The molecule has 2 rings (SSSR count). The molecule has 0 bridgehead atoms. The Labute approximate surface area is 88.6 Å². The summed E-state index contributed by atoms with van der Waals surface area (Å²) in [5.74, 6) is 0.000278. The summed E-state index contributed by atoms with van der Waals surface area (Å²) >= 11 is 0. The zero-order valence-corrected chi connectivity index (χ0v) is 8.86. The van der Waals surface area contributed by atoms with Gasteiger partial charge in [-0.3, -0.25) is 9.48 Å². The molecule has 1 fully saturated rings. The van der Waals surface area contributed by atoms with E-state index in [1.54, 1.807) is 17.1 Å². The number of anilines is 1. The van der Waals surface area contributed by atoms with Gasteiger partial charge in [-0.15, -0.1) is 0 Å². The molecule has 0 radical (unpaired) electrons. The average Bonchev–Trinajstić information content (AvgIpc) is 2.48. The lowest BCUT2D eigenvalue weighted by Gasteiger charge is -2.39. The number of rotatable bonds is 3. The van der Waals surface area contributed by atoms with E-state index in [-0.39, 0.29) is 18.0 Å². The van der Waals surface area contributed by atoms with E-state index in [0.717, 1.165) is 12.8 Å². The van der Waals surface area contributed by atoms with E-state index in [9.17, 15) is 4.79 Å². The molecular formula is C10H16N4O. The molecule has 0 aromatic carbocycles.